The van der Waals surface area contributed by atoms with Gasteiger partial charge in [0.05, 0.1) is 17.8 Å². The van der Waals surface area contributed by atoms with Gasteiger partial charge in [0.25, 0.3) is 0 Å². The van der Waals surface area contributed by atoms with Crippen molar-refractivity contribution in [3.05, 3.63) is 65.0 Å². The predicted octanol–water partition coefficient (Wildman–Crippen LogP) is 2.59. The summed E-state index contributed by atoms with van der Waals surface area (Å²) in [6.45, 7) is 1.30. The first-order valence-electron chi connectivity index (χ1n) is 9.28. The molecule has 1 aromatic heterocycles. The minimum Gasteiger partial charge on any atom is -0.491 e. The number of ether oxygens (including phenoxy) is 2. The van der Waals surface area contributed by atoms with Crippen LogP contribution in [0, 0.1) is 0 Å². The number of carbonyl (C=O) groups is 1. The van der Waals surface area contributed by atoms with Crippen molar-refractivity contribution in [3.63, 3.8) is 0 Å². The molecule has 2 aromatic carbocycles. The van der Waals surface area contributed by atoms with Gasteiger partial charge in [0.2, 0.25) is 11.3 Å². The van der Waals surface area contributed by atoms with Gasteiger partial charge in [-0.15, -0.1) is 0 Å². The molecule has 1 amide bonds. The molecule has 1 unspecified atom stereocenters. The molecule has 0 bridgehead atoms. The molecule has 3 aromatic rings. The van der Waals surface area contributed by atoms with E-state index in [0.717, 1.165) is 19.4 Å². The second kappa shape index (κ2) is 8.22. The van der Waals surface area contributed by atoms with Crippen LogP contribution in [0.25, 0.3) is 10.9 Å². The Labute approximate surface area is 161 Å². The zero-order valence-electron chi connectivity index (χ0n) is 15.3. The van der Waals surface area contributed by atoms with Crippen molar-refractivity contribution in [3.8, 4) is 5.75 Å². The van der Waals surface area contributed by atoms with Crippen LogP contribution in [0.4, 0.5) is 5.69 Å². The van der Waals surface area contributed by atoms with Crippen LogP contribution < -0.4 is 15.5 Å². The minimum atomic E-state index is -0.238. The van der Waals surface area contributed by atoms with Gasteiger partial charge in [0.1, 0.15) is 18.9 Å². The van der Waals surface area contributed by atoms with Gasteiger partial charge in [0.15, 0.2) is 0 Å². The summed E-state index contributed by atoms with van der Waals surface area (Å²) in [7, 11) is 0. The molecule has 0 aliphatic carbocycles. The third-order valence-electron chi connectivity index (χ3n) is 4.63. The third kappa shape index (κ3) is 4.20. The molecule has 0 saturated carbocycles. The van der Waals surface area contributed by atoms with Crippen LogP contribution >= 0.6 is 0 Å². The number of benzene rings is 2. The molecule has 7 heteroatoms. The average Bonchev–Trinajstić information content (AvgIpc) is 3.23. The lowest BCUT2D eigenvalue weighted by atomic mass is 10.2. The first-order valence-corrected chi connectivity index (χ1v) is 9.28. The molecule has 144 valence electrons. The van der Waals surface area contributed by atoms with E-state index in [1.54, 1.807) is 30.3 Å². The largest absolute Gasteiger partial charge is 0.491 e. The van der Waals surface area contributed by atoms with Crippen LogP contribution in [0.5, 0.6) is 5.75 Å². The van der Waals surface area contributed by atoms with Gasteiger partial charge in [-0.2, -0.15) is 5.10 Å². The quantitative estimate of drug-likeness (QED) is 0.712. The second-order valence-corrected chi connectivity index (χ2v) is 6.71. The number of hydrogen-bond donors (Lipinski definition) is 1. The third-order valence-corrected chi connectivity index (χ3v) is 4.63. The predicted molar refractivity (Wildman–Crippen MR) is 106 cm³/mol. The Kier molecular flexibility index (Phi) is 5.34. The highest BCUT2D eigenvalue weighted by molar-refractivity contribution is 5.91. The first-order chi connectivity index (χ1) is 13.7. The number of para-hydroxylation sites is 1. The fraction of sp³-hybridized carbons (Fsp3) is 0.286. The molecular formula is C21H21N3O4. The summed E-state index contributed by atoms with van der Waals surface area (Å²) in [6, 6.07) is 14.4. The Morgan fingerprint density at radius 2 is 2.14 bits per heavy atom. The van der Waals surface area contributed by atoms with Crippen LogP contribution in [0.1, 0.15) is 12.8 Å². The van der Waals surface area contributed by atoms with E-state index in [1.807, 2.05) is 18.2 Å². The van der Waals surface area contributed by atoms with Crippen molar-refractivity contribution in [1.82, 2.24) is 9.78 Å². The molecule has 1 aliphatic rings. The normalized spacial score (nSPS) is 16.2. The highest BCUT2D eigenvalue weighted by Crippen LogP contribution is 2.20. The van der Waals surface area contributed by atoms with Crippen LogP contribution in [0.15, 0.2) is 59.5 Å². The smallest absolute Gasteiger partial charge is 0.246 e. The minimum absolute atomic E-state index is 0.00178. The Morgan fingerprint density at radius 1 is 1.25 bits per heavy atom. The number of nitrogens with zero attached hydrogens (tertiary/aromatic N) is 2. The molecule has 1 saturated heterocycles. The van der Waals surface area contributed by atoms with E-state index in [9.17, 15) is 9.59 Å². The van der Waals surface area contributed by atoms with Crippen LogP contribution in [-0.4, -0.2) is 35.0 Å². The number of nitrogens with one attached hydrogen (secondary N) is 1. The number of hydrogen-bond acceptors (Lipinski definition) is 5. The summed E-state index contributed by atoms with van der Waals surface area (Å²) < 4.78 is 12.8. The lowest BCUT2D eigenvalue weighted by Crippen LogP contribution is -2.22. The Bertz CT molecular complexity index is 1040. The summed E-state index contributed by atoms with van der Waals surface area (Å²) in [5, 5.41) is 7.47. The molecular weight excluding hydrogens is 358 g/mol. The monoisotopic (exact) mass is 379 g/mol. The van der Waals surface area contributed by atoms with Gasteiger partial charge in [-0.1, -0.05) is 18.2 Å². The lowest BCUT2D eigenvalue weighted by Gasteiger charge is -2.13. The summed E-state index contributed by atoms with van der Waals surface area (Å²) in [6.07, 6.45) is 3.45. The zero-order valence-corrected chi connectivity index (χ0v) is 15.3. The summed E-state index contributed by atoms with van der Waals surface area (Å²) >= 11 is 0. The van der Waals surface area contributed by atoms with Crippen molar-refractivity contribution in [2.75, 3.05) is 18.5 Å². The molecule has 7 nitrogen and oxygen atoms in total. The molecule has 0 radical (unpaired) electrons. The molecule has 1 fully saturated rings. The molecule has 4 rings (SSSR count). The highest BCUT2D eigenvalue weighted by atomic mass is 16.5. The Hall–Kier alpha value is -3.19. The van der Waals surface area contributed by atoms with E-state index < -0.39 is 0 Å². The van der Waals surface area contributed by atoms with E-state index in [-0.39, 0.29) is 24.0 Å². The number of rotatable bonds is 6. The summed E-state index contributed by atoms with van der Waals surface area (Å²) in [4.78, 5) is 24.4. The van der Waals surface area contributed by atoms with Crippen LogP contribution in [-0.2, 0) is 16.1 Å². The molecule has 0 spiro atoms. The van der Waals surface area contributed by atoms with E-state index in [0.29, 0.717) is 28.9 Å². The van der Waals surface area contributed by atoms with Gasteiger partial charge in [-0.05, 0) is 37.1 Å². The van der Waals surface area contributed by atoms with Crippen molar-refractivity contribution in [2.45, 2.75) is 25.5 Å². The number of amides is 1. The highest BCUT2D eigenvalue weighted by Gasteiger charge is 2.16. The molecule has 1 atom stereocenters. The fourth-order valence-electron chi connectivity index (χ4n) is 3.25. The summed E-state index contributed by atoms with van der Waals surface area (Å²) in [5.74, 6) is 0.442. The topological polar surface area (TPSA) is 82.5 Å². The second-order valence-electron chi connectivity index (χ2n) is 6.71. The standard InChI is InChI=1S/C21H21N3O4/c25-20-12-22-24(19-9-2-1-8-18(19)20)13-21(26)23-15-5-3-6-16(11-15)28-14-17-7-4-10-27-17/h1-3,5-6,8-9,11-12,17H,4,7,10,13-14H2,(H,23,26). The Balaban J connectivity index is 1.42. The molecule has 1 aliphatic heterocycles. The number of anilines is 1. The van der Waals surface area contributed by atoms with Gasteiger partial charge in [-0.3, -0.25) is 14.3 Å². The number of aromatic nitrogens is 2. The number of fused-ring (bicyclic) bond motifs is 1. The van der Waals surface area contributed by atoms with Crippen LogP contribution in [0.3, 0.4) is 0 Å². The average molecular weight is 379 g/mol. The van der Waals surface area contributed by atoms with E-state index >= 15 is 0 Å². The van der Waals surface area contributed by atoms with Gasteiger partial charge in [-0.25, -0.2) is 0 Å². The zero-order chi connectivity index (χ0) is 19.3. The van der Waals surface area contributed by atoms with E-state index in [2.05, 4.69) is 10.4 Å². The lowest BCUT2D eigenvalue weighted by molar-refractivity contribution is -0.116. The van der Waals surface area contributed by atoms with Crippen molar-refractivity contribution >= 4 is 22.5 Å². The SMILES string of the molecule is O=C(Cn1ncc(=O)c2ccccc21)Nc1cccc(OCC2CCCO2)c1. The Morgan fingerprint density at radius 3 is 3.00 bits per heavy atom. The maximum atomic E-state index is 12.5. The van der Waals surface area contributed by atoms with E-state index in [1.165, 1.54) is 10.9 Å². The molecule has 2 heterocycles. The number of carbonyl (C=O) groups excluding carboxylic acids is 1. The van der Waals surface area contributed by atoms with Gasteiger partial charge < -0.3 is 14.8 Å². The summed E-state index contributed by atoms with van der Waals surface area (Å²) in [5.41, 5.74) is 1.10. The van der Waals surface area contributed by atoms with Crippen molar-refractivity contribution in [2.24, 2.45) is 0 Å². The van der Waals surface area contributed by atoms with Gasteiger partial charge >= 0.3 is 0 Å². The van der Waals surface area contributed by atoms with Crippen molar-refractivity contribution < 1.29 is 14.3 Å². The van der Waals surface area contributed by atoms with Crippen molar-refractivity contribution in [1.29, 1.82) is 0 Å². The first kappa shape index (κ1) is 18.2. The maximum absolute atomic E-state index is 12.5. The molecule has 1 N–H and O–H groups in total. The van der Waals surface area contributed by atoms with Gasteiger partial charge in [0, 0.05) is 23.7 Å². The fourth-order valence-corrected chi connectivity index (χ4v) is 3.25. The van der Waals surface area contributed by atoms with E-state index in [4.69, 9.17) is 9.47 Å². The van der Waals surface area contributed by atoms with Crippen LogP contribution in [0.2, 0.25) is 0 Å². The molecule has 28 heavy (non-hydrogen) atoms. The maximum Gasteiger partial charge on any atom is 0.246 e.